The Morgan fingerprint density at radius 3 is 2.50 bits per heavy atom. The SMILES string of the molecule is Cc1cc(F)c(C(C)Nc2ccc(Br)nc2C)cc1F. The minimum atomic E-state index is -0.411. The minimum absolute atomic E-state index is 0.301. The van der Waals surface area contributed by atoms with E-state index in [1.807, 2.05) is 13.0 Å². The summed E-state index contributed by atoms with van der Waals surface area (Å²) in [4.78, 5) is 4.26. The summed E-state index contributed by atoms with van der Waals surface area (Å²) in [6.07, 6.45) is 0. The van der Waals surface area contributed by atoms with E-state index in [-0.39, 0.29) is 6.04 Å². The van der Waals surface area contributed by atoms with E-state index >= 15 is 0 Å². The number of anilines is 1. The first-order valence-electron chi connectivity index (χ1n) is 6.23. The summed E-state index contributed by atoms with van der Waals surface area (Å²) >= 11 is 3.29. The van der Waals surface area contributed by atoms with Gasteiger partial charge in [0, 0.05) is 5.56 Å². The van der Waals surface area contributed by atoms with E-state index in [9.17, 15) is 8.78 Å². The van der Waals surface area contributed by atoms with E-state index in [1.54, 1.807) is 19.9 Å². The van der Waals surface area contributed by atoms with Gasteiger partial charge in [-0.2, -0.15) is 0 Å². The zero-order valence-corrected chi connectivity index (χ0v) is 13.1. The number of pyridine rings is 1. The highest BCUT2D eigenvalue weighted by atomic mass is 79.9. The maximum Gasteiger partial charge on any atom is 0.128 e. The summed E-state index contributed by atoms with van der Waals surface area (Å²) in [5.74, 6) is -0.813. The van der Waals surface area contributed by atoms with Crippen LogP contribution < -0.4 is 5.32 Å². The molecule has 0 amide bonds. The third kappa shape index (κ3) is 3.15. The summed E-state index contributed by atoms with van der Waals surface area (Å²) in [6.45, 7) is 5.18. The number of nitrogens with one attached hydrogen (secondary N) is 1. The van der Waals surface area contributed by atoms with Gasteiger partial charge in [0.2, 0.25) is 0 Å². The van der Waals surface area contributed by atoms with Crippen LogP contribution in [-0.2, 0) is 0 Å². The Morgan fingerprint density at radius 2 is 1.85 bits per heavy atom. The normalized spacial score (nSPS) is 12.3. The summed E-state index contributed by atoms with van der Waals surface area (Å²) in [5.41, 5.74) is 2.19. The molecule has 0 aliphatic heterocycles. The van der Waals surface area contributed by atoms with Crippen LogP contribution >= 0.6 is 15.9 Å². The van der Waals surface area contributed by atoms with Crippen molar-refractivity contribution in [1.29, 1.82) is 0 Å². The molecule has 20 heavy (non-hydrogen) atoms. The van der Waals surface area contributed by atoms with Crippen molar-refractivity contribution >= 4 is 21.6 Å². The highest BCUT2D eigenvalue weighted by Crippen LogP contribution is 2.26. The average molecular weight is 341 g/mol. The molecule has 0 radical (unpaired) electrons. The van der Waals surface area contributed by atoms with Crippen LogP contribution in [0.15, 0.2) is 28.9 Å². The maximum absolute atomic E-state index is 13.9. The van der Waals surface area contributed by atoms with E-state index in [0.717, 1.165) is 16.0 Å². The molecule has 1 heterocycles. The van der Waals surface area contributed by atoms with Crippen LogP contribution in [-0.4, -0.2) is 4.98 Å². The van der Waals surface area contributed by atoms with E-state index in [2.05, 4.69) is 26.2 Å². The van der Waals surface area contributed by atoms with E-state index < -0.39 is 11.6 Å². The lowest BCUT2D eigenvalue weighted by molar-refractivity contribution is 0.571. The molecule has 0 saturated heterocycles. The number of aryl methyl sites for hydroxylation is 2. The smallest absolute Gasteiger partial charge is 0.128 e. The Bertz CT molecular complexity index is 644. The van der Waals surface area contributed by atoms with Crippen molar-refractivity contribution < 1.29 is 8.78 Å². The van der Waals surface area contributed by atoms with Crippen LogP contribution in [0.1, 0.15) is 29.8 Å². The fraction of sp³-hybridized carbons (Fsp3) is 0.267. The number of hydrogen-bond donors (Lipinski definition) is 1. The zero-order valence-electron chi connectivity index (χ0n) is 11.5. The Kier molecular flexibility index (Phi) is 4.38. The molecule has 1 unspecified atom stereocenters. The van der Waals surface area contributed by atoms with Gasteiger partial charge < -0.3 is 5.32 Å². The van der Waals surface area contributed by atoms with Crippen LogP contribution in [0.4, 0.5) is 14.5 Å². The van der Waals surface area contributed by atoms with E-state index in [1.165, 1.54) is 12.1 Å². The van der Waals surface area contributed by atoms with Crippen LogP contribution in [0.5, 0.6) is 0 Å². The quantitative estimate of drug-likeness (QED) is 0.802. The van der Waals surface area contributed by atoms with Gasteiger partial charge in [-0.05, 0) is 66.5 Å². The second kappa shape index (κ2) is 5.87. The number of aromatic nitrogens is 1. The Morgan fingerprint density at radius 1 is 1.15 bits per heavy atom. The van der Waals surface area contributed by atoms with Crippen molar-refractivity contribution in [2.75, 3.05) is 5.32 Å². The predicted molar refractivity (Wildman–Crippen MR) is 79.8 cm³/mol. The third-order valence-corrected chi connectivity index (χ3v) is 3.61. The van der Waals surface area contributed by atoms with Gasteiger partial charge >= 0.3 is 0 Å². The van der Waals surface area contributed by atoms with Crippen molar-refractivity contribution in [2.24, 2.45) is 0 Å². The van der Waals surface area contributed by atoms with Crippen molar-refractivity contribution in [3.63, 3.8) is 0 Å². The Hall–Kier alpha value is -1.49. The van der Waals surface area contributed by atoms with Gasteiger partial charge in [-0.1, -0.05) is 0 Å². The number of halogens is 3. The first kappa shape index (κ1) is 14.9. The van der Waals surface area contributed by atoms with Gasteiger partial charge in [-0.25, -0.2) is 13.8 Å². The molecular formula is C15H15BrF2N2. The standard InChI is InChI=1S/C15H15BrF2N2/c1-8-6-13(18)11(7-12(8)17)9(2)19-14-4-5-15(16)20-10(14)3/h4-7,9,19H,1-3H3. The van der Waals surface area contributed by atoms with E-state index in [4.69, 9.17) is 0 Å². The predicted octanol–water partition coefficient (Wildman–Crippen LogP) is 4.91. The van der Waals surface area contributed by atoms with Gasteiger partial charge in [-0.15, -0.1) is 0 Å². The van der Waals surface area contributed by atoms with Gasteiger partial charge in [-0.3, -0.25) is 0 Å². The molecule has 106 valence electrons. The molecule has 1 atom stereocenters. The Balaban J connectivity index is 2.28. The molecule has 1 aromatic carbocycles. The molecular weight excluding hydrogens is 326 g/mol. The Labute approximate surface area is 125 Å². The minimum Gasteiger partial charge on any atom is -0.377 e. The molecule has 2 rings (SSSR count). The lowest BCUT2D eigenvalue weighted by Gasteiger charge is -2.18. The molecule has 1 N–H and O–H groups in total. The van der Waals surface area contributed by atoms with Gasteiger partial charge in [0.25, 0.3) is 0 Å². The summed E-state index contributed by atoms with van der Waals surface area (Å²) in [7, 11) is 0. The molecule has 0 aliphatic rings. The molecule has 5 heteroatoms. The van der Waals surface area contributed by atoms with Crippen molar-refractivity contribution in [2.45, 2.75) is 26.8 Å². The largest absolute Gasteiger partial charge is 0.377 e. The first-order valence-corrected chi connectivity index (χ1v) is 7.03. The molecule has 2 aromatic rings. The highest BCUT2D eigenvalue weighted by molar-refractivity contribution is 9.10. The number of hydrogen-bond acceptors (Lipinski definition) is 2. The van der Waals surface area contributed by atoms with Crippen molar-refractivity contribution in [3.8, 4) is 0 Å². The second-order valence-electron chi connectivity index (χ2n) is 4.76. The summed E-state index contributed by atoms with van der Waals surface area (Å²) in [6, 6.07) is 5.76. The highest BCUT2D eigenvalue weighted by Gasteiger charge is 2.14. The molecule has 0 aliphatic carbocycles. The summed E-state index contributed by atoms with van der Waals surface area (Å²) in [5, 5.41) is 3.15. The molecule has 0 fully saturated rings. The molecule has 0 saturated carbocycles. The first-order chi connectivity index (χ1) is 9.38. The van der Waals surface area contributed by atoms with Crippen LogP contribution in [0.2, 0.25) is 0 Å². The van der Waals surface area contributed by atoms with E-state index in [0.29, 0.717) is 11.1 Å². The number of nitrogens with zero attached hydrogens (tertiary/aromatic N) is 1. The van der Waals surface area contributed by atoms with Crippen LogP contribution in [0.3, 0.4) is 0 Å². The summed E-state index contributed by atoms with van der Waals surface area (Å²) < 4.78 is 28.2. The molecule has 0 bridgehead atoms. The number of rotatable bonds is 3. The molecule has 0 spiro atoms. The second-order valence-corrected chi connectivity index (χ2v) is 5.57. The molecule has 1 aromatic heterocycles. The lowest BCUT2D eigenvalue weighted by atomic mass is 10.0. The fourth-order valence-electron chi connectivity index (χ4n) is 1.99. The number of benzene rings is 1. The van der Waals surface area contributed by atoms with Gasteiger partial charge in [0.1, 0.15) is 16.2 Å². The molecule has 2 nitrogen and oxygen atoms in total. The monoisotopic (exact) mass is 340 g/mol. The lowest BCUT2D eigenvalue weighted by Crippen LogP contribution is -2.11. The van der Waals surface area contributed by atoms with Crippen molar-refractivity contribution in [1.82, 2.24) is 4.98 Å². The average Bonchev–Trinajstić information content (AvgIpc) is 2.37. The zero-order chi connectivity index (χ0) is 14.9. The van der Waals surface area contributed by atoms with Gasteiger partial charge in [0.05, 0.1) is 17.4 Å². The maximum atomic E-state index is 13.9. The fourth-order valence-corrected chi connectivity index (χ4v) is 2.39. The van der Waals surface area contributed by atoms with Gasteiger partial charge in [0.15, 0.2) is 0 Å². The van der Waals surface area contributed by atoms with Crippen LogP contribution in [0, 0.1) is 25.5 Å². The topological polar surface area (TPSA) is 24.9 Å². The van der Waals surface area contributed by atoms with Crippen LogP contribution in [0.25, 0.3) is 0 Å². The van der Waals surface area contributed by atoms with Crippen molar-refractivity contribution in [3.05, 3.63) is 57.3 Å². The third-order valence-electron chi connectivity index (χ3n) is 3.17.